The van der Waals surface area contributed by atoms with E-state index in [1.54, 1.807) is 12.1 Å². The zero-order valence-corrected chi connectivity index (χ0v) is 14.1. The third kappa shape index (κ3) is 5.06. The summed E-state index contributed by atoms with van der Waals surface area (Å²) in [4.78, 5) is 14.5. The number of carbonyl (C=O) groups excluding carboxylic acids is 1. The van der Waals surface area contributed by atoms with Crippen molar-refractivity contribution in [1.82, 2.24) is 4.90 Å². The van der Waals surface area contributed by atoms with Gasteiger partial charge in [0, 0.05) is 12.1 Å². The average Bonchev–Trinajstić information content (AvgIpc) is 2.60. The Kier molecular flexibility index (Phi) is 6.75. The maximum absolute atomic E-state index is 13.2. The molecule has 0 aliphatic carbocycles. The van der Waals surface area contributed by atoms with Gasteiger partial charge in [0.1, 0.15) is 18.2 Å². The van der Waals surface area contributed by atoms with Crippen molar-refractivity contribution in [3.63, 3.8) is 0 Å². The van der Waals surface area contributed by atoms with Crippen LogP contribution in [0.4, 0.5) is 10.1 Å². The van der Waals surface area contributed by atoms with E-state index in [1.165, 1.54) is 18.2 Å². The van der Waals surface area contributed by atoms with Crippen LogP contribution < -0.4 is 10.1 Å². The lowest BCUT2D eigenvalue weighted by molar-refractivity contribution is 0.102. The van der Waals surface area contributed by atoms with Crippen LogP contribution in [0.15, 0.2) is 48.5 Å². The van der Waals surface area contributed by atoms with Crippen LogP contribution in [0.5, 0.6) is 5.75 Å². The molecule has 0 aliphatic heterocycles. The van der Waals surface area contributed by atoms with Crippen molar-refractivity contribution >= 4 is 11.6 Å². The normalized spacial score (nSPS) is 10.7. The summed E-state index contributed by atoms with van der Waals surface area (Å²) >= 11 is 0. The molecule has 0 saturated heterocycles. The minimum atomic E-state index is -0.439. The van der Waals surface area contributed by atoms with E-state index in [4.69, 9.17) is 4.74 Å². The first kappa shape index (κ1) is 17.9. The largest absolute Gasteiger partial charge is 0.490 e. The van der Waals surface area contributed by atoms with Gasteiger partial charge in [0.25, 0.3) is 5.91 Å². The van der Waals surface area contributed by atoms with E-state index in [2.05, 4.69) is 24.1 Å². The van der Waals surface area contributed by atoms with Crippen LogP contribution in [0, 0.1) is 5.82 Å². The number of nitrogens with zero attached hydrogens (tertiary/aromatic N) is 1. The number of para-hydroxylation sites is 2. The van der Waals surface area contributed by atoms with E-state index in [1.807, 2.05) is 18.2 Å². The molecular weight excluding hydrogens is 307 g/mol. The molecule has 5 heteroatoms. The topological polar surface area (TPSA) is 41.6 Å². The van der Waals surface area contributed by atoms with E-state index >= 15 is 0 Å². The molecule has 4 nitrogen and oxygen atoms in total. The fourth-order valence-corrected chi connectivity index (χ4v) is 2.34. The van der Waals surface area contributed by atoms with Crippen molar-refractivity contribution in [3.05, 3.63) is 59.9 Å². The van der Waals surface area contributed by atoms with E-state index in [0.717, 1.165) is 19.6 Å². The van der Waals surface area contributed by atoms with Gasteiger partial charge in [-0.05, 0) is 43.4 Å². The molecule has 0 heterocycles. The van der Waals surface area contributed by atoms with Crippen LogP contribution in [-0.4, -0.2) is 37.0 Å². The first-order valence-corrected chi connectivity index (χ1v) is 8.15. The number of hydrogen-bond donors (Lipinski definition) is 1. The molecule has 0 fully saturated rings. The van der Waals surface area contributed by atoms with Crippen molar-refractivity contribution in [1.29, 1.82) is 0 Å². The Balaban J connectivity index is 2.02. The first-order chi connectivity index (χ1) is 11.6. The highest BCUT2D eigenvalue weighted by atomic mass is 19.1. The Morgan fingerprint density at radius 1 is 1.12 bits per heavy atom. The van der Waals surface area contributed by atoms with Gasteiger partial charge in [0.15, 0.2) is 0 Å². The Morgan fingerprint density at radius 3 is 2.58 bits per heavy atom. The van der Waals surface area contributed by atoms with Gasteiger partial charge in [0.05, 0.1) is 5.69 Å². The molecule has 2 aromatic rings. The number of hydrogen-bond acceptors (Lipinski definition) is 3. The van der Waals surface area contributed by atoms with Gasteiger partial charge in [-0.15, -0.1) is 0 Å². The van der Waals surface area contributed by atoms with E-state index in [-0.39, 0.29) is 11.5 Å². The van der Waals surface area contributed by atoms with E-state index in [9.17, 15) is 9.18 Å². The number of carbonyl (C=O) groups is 1. The molecule has 0 aliphatic rings. The predicted octanol–water partition coefficient (Wildman–Crippen LogP) is 3.80. The van der Waals surface area contributed by atoms with Gasteiger partial charge in [0.2, 0.25) is 0 Å². The molecule has 0 unspecified atom stereocenters. The predicted molar refractivity (Wildman–Crippen MR) is 94.1 cm³/mol. The quantitative estimate of drug-likeness (QED) is 0.800. The molecular formula is C19H23FN2O2. The second kappa shape index (κ2) is 9.03. The summed E-state index contributed by atoms with van der Waals surface area (Å²) in [5.74, 6) is -0.199. The van der Waals surface area contributed by atoms with Crippen LogP contribution in [0.3, 0.4) is 0 Å². The number of likely N-dealkylation sites (N-methyl/N-ethyl adjacent to an activating group) is 1. The molecule has 0 atom stereocenters. The van der Waals surface area contributed by atoms with Crippen molar-refractivity contribution in [2.75, 3.05) is 31.6 Å². The number of rotatable bonds is 8. The highest BCUT2D eigenvalue weighted by Gasteiger charge is 2.10. The van der Waals surface area contributed by atoms with Gasteiger partial charge in [-0.25, -0.2) is 4.39 Å². The number of anilines is 1. The van der Waals surface area contributed by atoms with Gasteiger partial charge in [-0.3, -0.25) is 4.79 Å². The summed E-state index contributed by atoms with van der Waals surface area (Å²) in [6.07, 6.45) is 0. The Bertz CT molecular complexity index is 672. The van der Waals surface area contributed by atoms with Gasteiger partial charge in [-0.2, -0.15) is 0 Å². The smallest absolute Gasteiger partial charge is 0.255 e. The fraction of sp³-hybridized carbons (Fsp3) is 0.316. The minimum absolute atomic E-state index is 0.271. The van der Waals surface area contributed by atoms with Crippen molar-refractivity contribution in [3.8, 4) is 5.75 Å². The Hall–Kier alpha value is -2.40. The molecule has 0 radical (unpaired) electrons. The summed E-state index contributed by atoms with van der Waals surface area (Å²) in [5, 5.41) is 2.78. The van der Waals surface area contributed by atoms with E-state index < -0.39 is 5.82 Å². The summed E-state index contributed by atoms with van der Waals surface area (Å²) in [6, 6.07) is 12.8. The maximum Gasteiger partial charge on any atom is 0.255 e. The minimum Gasteiger partial charge on any atom is -0.490 e. The van der Waals surface area contributed by atoms with Crippen molar-refractivity contribution < 1.29 is 13.9 Å². The molecule has 1 N–H and O–H groups in total. The number of amides is 1. The molecule has 0 spiro atoms. The average molecular weight is 330 g/mol. The number of benzene rings is 2. The zero-order chi connectivity index (χ0) is 17.4. The highest BCUT2D eigenvalue weighted by Crippen LogP contribution is 2.24. The summed E-state index contributed by atoms with van der Waals surface area (Å²) in [7, 11) is 0. The van der Waals surface area contributed by atoms with Crippen LogP contribution in [0.2, 0.25) is 0 Å². The lowest BCUT2D eigenvalue weighted by atomic mass is 10.2. The SMILES string of the molecule is CCN(CC)CCOc1ccccc1NC(=O)c1cccc(F)c1. The molecule has 0 saturated carbocycles. The van der Waals surface area contributed by atoms with Crippen LogP contribution in [-0.2, 0) is 0 Å². The second-order valence-electron chi connectivity index (χ2n) is 5.34. The summed E-state index contributed by atoms with van der Waals surface area (Å²) in [5.41, 5.74) is 0.847. The highest BCUT2D eigenvalue weighted by molar-refractivity contribution is 6.05. The lowest BCUT2D eigenvalue weighted by Gasteiger charge is -2.19. The molecule has 128 valence electrons. The van der Waals surface area contributed by atoms with Crippen molar-refractivity contribution in [2.24, 2.45) is 0 Å². The fourth-order valence-electron chi connectivity index (χ4n) is 2.34. The number of ether oxygens (including phenoxy) is 1. The zero-order valence-electron chi connectivity index (χ0n) is 14.1. The third-order valence-corrected chi connectivity index (χ3v) is 3.78. The van der Waals surface area contributed by atoms with Gasteiger partial charge < -0.3 is 15.0 Å². The van der Waals surface area contributed by atoms with Crippen LogP contribution in [0.25, 0.3) is 0 Å². The van der Waals surface area contributed by atoms with Crippen LogP contribution >= 0.6 is 0 Å². The second-order valence-corrected chi connectivity index (χ2v) is 5.34. The summed E-state index contributed by atoms with van der Waals surface area (Å²) < 4.78 is 19.0. The number of halogens is 1. The number of nitrogens with one attached hydrogen (secondary N) is 1. The molecule has 0 bridgehead atoms. The van der Waals surface area contributed by atoms with Crippen LogP contribution in [0.1, 0.15) is 24.2 Å². The Labute approximate surface area is 142 Å². The third-order valence-electron chi connectivity index (χ3n) is 3.78. The first-order valence-electron chi connectivity index (χ1n) is 8.15. The maximum atomic E-state index is 13.2. The molecule has 2 aromatic carbocycles. The monoisotopic (exact) mass is 330 g/mol. The molecule has 0 aromatic heterocycles. The van der Waals surface area contributed by atoms with Gasteiger partial charge in [-0.1, -0.05) is 32.0 Å². The summed E-state index contributed by atoms with van der Waals surface area (Å²) in [6.45, 7) is 7.51. The lowest BCUT2D eigenvalue weighted by Crippen LogP contribution is -2.28. The van der Waals surface area contributed by atoms with Gasteiger partial charge >= 0.3 is 0 Å². The Morgan fingerprint density at radius 2 is 1.88 bits per heavy atom. The van der Waals surface area contributed by atoms with Crippen molar-refractivity contribution in [2.45, 2.75) is 13.8 Å². The molecule has 1 amide bonds. The standard InChI is InChI=1S/C19H23FN2O2/c1-3-22(4-2)12-13-24-18-11-6-5-10-17(18)21-19(23)15-8-7-9-16(20)14-15/h5-11,14H,3-4,12-13H2,1-2H3,(H,21,23). The molecule has 24 heavy (non-hydrogen) atoms. The van der Waals surface area contributed by atoms with E-state index in [0.29, 0.717) is 18.0 Å². The molecule has 2 rings (SSSR count).